The largest absolute Gasteiger partial charge is 0.478 e. The zero-order chi connectivity index (χ0) is 9.84. The van der Waals surface area contributed by atoms with E-state index >= 15 is 0 Å². The molecule has 0 saturated carbocycles. The van der Waals surface area contributed by atoms with Crippen molar-refractivity contribution in [1.82, 2.24) is 4.57 Å². The zero-order valence-corrected chi connectivity index (χ0v) is 7.10. The van der Waals surface area contributed by atoms with Crippen LogP contribution in [0.15, 0.2) is 24.0 Å². The van der Waals surface area contributed by atoms with E-state index in [0.29, 0.717) is 11.9 Å². The summed E-state index contributed by atoms with van der Waals surface area (Å²) in [6, 6.07) is 1.47. The molecule has 0 amide bonds. The van der Waals surface area contributed by atoms with Gasteiger partial charge in [-0.2, -0.15) is 0 Å². The first kappa shape index (κ1) is 9.25. The van der Waals surface area contributed by atoms with Crippen LogP contribution in [0, 0.1) is 0 Å². The highest BCUT2D eigenvalue weighted by Crippen LogP contribution is 2.02. The van der Waals surface area contributed by atoms with Crippen molar-refractivity contribution >= 4 is 18.5 Å². The van der Waals surface area contributed by atoms with E-state index < -0.39 is 5.97 Å². The Morgan fingerprint density at radius 3 is 2.77 bits per heavy atom. The first-order valence-electron chi connectivity index (χ1n) is 3.68. The number of aldehydes is 1. The van der Waals surface area contributed by atoms with Crippen molar-refractivity contribution in [2.75, 3.05) is 0 Å². The SMILES string of the molecule is C/C(C=O)=C/n1ccc(C(=O)O)c1. The van der Waals surface area contributed by atoms with Crippen LogP contribution in [-0.4, -0.2) is 21.9 Å². The monoisotopic (exact) mass is 179 g/mol. The van der Waals surface area contributed by atoms with Gasteiger partial charge in [-0.05, 0) is 13.0 Å². The second kappa shape index (κ2) is 3.71. The number of carbonyl (C=O) groups excluding carboxylic acids is 1. The average molecular weight is 179 g/mol. The van der Waals surface area contributed by atoms with Gasteiger partial charge in [-0.1, -0.05) is 0 Å². The standard InChI is InChI=1S/C9H9NO3/c1-7(6-11)4-10-3-2-8(5-10)9(12)13/h2-6H,1H3,(H,12,13)/b7-4-. The molecule has 1 N–H and O–H groups in total. The summed E-state index contributed by atoms with van der Waals surface area (Å²) >= 11 is 0. The molecule has 0 spiro atoms. The summed E-state index contributed by atoms with van der Waals surface area (Å²) in [6.45, 7) is 1.65. The smallest absolute Gasteiger partial charge is 0.337 e. The molecule has 0 atom stereocenters. The van der Waals surface area contributed by atoms with Gasteiger partial charge in [0.1, 0.15) is 6.29 Å². The van der Waals surface area contributed by atoms with Crippen molar-refractivity contribution in [1.29, 1.82) is 0 Å². The number of aromatic carboxylic acids is 1. The fourth-order valence-electron chi connectivity index (χ4n) is 0.885. The minimum absolute atomic E-state index is 0.204. The molecule has 4 nitrogen and oxygen atoms in total. The first-order valence-corrected chi connectivity index (χ1v) is 3.68. The number of aromatic nitrogens is 1. The molecule has 4 heteroatoms. The Hall–Kier alpha value is -1.84. The normalized spacial score (nSPS) is 11.3. The lowest BCUT2D eigenvalue weighted by Gasteiger charge is -1.91. The quantitative estimate of drug-likeness (QED) is 0.561. The molecule has 0 aromatic carbocycles. The summed E-state index contributed by atoms with van der Waals surface area (Å²) in [5, 5.41) is 8.59. The summed E-state index contributed by atoms with van der Waals surface area (Å²) in [4.78, 5) is 20.7. The third-order valence-corrected chi connectivity index (χ3v) is 1.50. The van der Waals surface area contributed by atoms with Gasteiger partial charge in [-0.3, -0.25) is 4.79 Å². The van der Waals surface area contributed by atoms with Crippen LogP contribution in [0.5, 0.6) is 0 Å². The summed E-state index contributed by atoms with van der Waals surface area (Å²) in [5.74, 6) is -0.976. The van der Waals surface area contributed by atoms with E-state index in [1.165, 1.54) is 16.8 Å². The Bertz CT molecular complexity index is 363. The zero-order valence-electron chi connectivity index (χ0n) is 7.10. The molecule has 0 aliphatic carbocycles. The Morgan fingerprint density at radius 1 is 1.62 bits per heavy atom. The molecule has 0 fully saturated rings. The van der Waals surface area contributed by atoms with Gasteiger partial charge in [0.05, 0.1) is 5.56 Å². The van der Waals surface area contributed by atoms with E-state index in [2.05, 4.69) is 0 Å². The van der Waals surface area contributed by atoms with Crippen molar-refractivity contribution in [3.63, 3.8) is 0 Å². The van der Waals surface area contributed by atoms with Gasteiger partial charge in [-0.15, -0.1) is 0 Å². The van der Waals surface area contributed by atoms with E-state index in [1.54, 1.807) is 19.3 Å². The van der Waals surface area contributed by atoms with Crippen molar-refractivity contribution in [3.8, 4) is 0 Å². The van der Waals surface area contributed by atoms with E-state index in [1.807, 2.05) is 0 Å². The topological polar surface area (TPSA) is 59.3 Å². The van der Waals surface area contributed by atoms with E-state index in [9.17, 15) is 9.59 Å². The van der Waals surface area contributed by atoms with Gasteiger partial charge in [0.15, 0.2) is 0 Å². The predicted molar refractivity (Wildman–Crippen MR) is 47.4 cm³/mol. The van der Waals surface area contributed by atoms with Crippen molar-refractivity contribution < 1.29 is 14.7 Å². The van der Waals surface area contributed by atoms with Crippen LogP contribution in [0.3, 0.4) is 0 Å². The van der Waals surface area contributed by atoms with Crippen molar-refractivity contribution in [2.45, 2.75) is 6.92 Å². The minimum Gasteiger partial charge on any atom is -0.478 e. The fourth-order valence-corrected chi connectivity index (χ4v) is 0.885. The number of hydrogen-bond donors (Lipinski definition) is 1. The van der Waals surface area contributed by atoms with Gasteiger partial charge in [0, 0.05) is 24.2 Å². The van der Waals surface area contributed by atoms with E-state index in [4.69, 9.17) is 5.11 Å². The van der Waals surface area contributed by atoms with E-state index in [0.717, 1.165) is 0 Å². The van der Waals surface area contributed by atoms with Gasteiger partial charge in [0.2, 0.25) is 0 Å². The molecule has 0 aliphatic heterocycles. The number of carboxylic acid groups (broad SMARTS) is 1. The molecule has 1 heterocycles. The minimum atomic E-state index is -0.976. The Balaban J connectivity index is 2.92. The van der Waals surface area contributed by atoms with Gasteiger partial charge in [0.25, 0.3) is 0 Å². The van der Waals surface area contributed by atoms with Crippen LogP contribution in [0.2, 0.25) is 0 Å². The summed E-state index contributed by atoms with van der Waals surface area (Å²) in [7, 11) is 0. The molecule has 0 radical (unpaired) electrons. The molecule has 1 rings (SSSR count). The first-order chi connectivity index (χ1) is 6.13. The number of carboxylic acids is 1. The lowest BCUT2D eigenvalue weighted by molar-refractivity contribution is -0.104. The second-order valence-electron chi connectivity index (χ2n) is 2.64. The highest BCUT2D eigenvalue weighted by atomic mass is 16.4. The molecule has 0 bridgehead atoms. The van der Waals surface area contributed by atoms with Crippen molar-refractivity contribution in [3.05, 3.63) is 29.6 Å². The van der Waals surface area contributed by atoms with Crippen LogP contribution < -0.4 is 0 Å². The number of nitrogens with zero attached hydrogens (tertiary/aromatic N) is 1. The Labute approximate surface area is 75.1 Å². The maximum Gasteiger partial charge on any atom is 0.337 e. The van der Waals surface area contributed by atoms with Gasteiger partial charge >= 0.3 is 5.97 Å². The molecule has 1 aromatic heterocycles. The van der Waals surface area contributed by atoms with E-state index in [-0.39, 0.29) is 5.56 Å². The predicted octanol–water partition coefficient (Wildman–Crippen LogP) is 1.25. The average Bonchev–Trinajstić information content (AvgIpc) is 2.52. The molecule has 68 valence electrons. The molecule has 0 unspecified atom stereocenters. The fraction of sp³-hybridized carbons (Fsp3) is 0.111. The van der Waals surface area contributed by atoms with Crippen LogP contribution in [0.25, 0.3) is 6.20 Å². The third-order valence-electron chi connectivity index (χ3n) is 1.50. The molecule has 13 heavy (non-hydrogen) atoms. The Kier molecular flexibility index (Phi) is 2.64. The number of rotatable bonds is 3. The lowest BCUT2D eigenvalue weighted by Crippen LogP contribution is -1.93. The van der Waals surface area contributed by atoms with Crippen LogP contribution in [-0.2, 0) is 4.79 Å². The number of hydrogen-bond acceptors (Lipinski definition) is 2. The van der Waals surface area contributed by atoms with Crippen LogP contribution in [0.1, 0.15) is 17.3 Å². The number of carbonyl (C=O) groups is 2. The third kappa shape index (κ3) is 2.30. The second-order valence-corrected chi connectivity index (χ2v) is 2.64. The van der Waals surface area contributed by atoms with Crippen molar-refractivity contribution in [2.24, 2.45) is 0 Å². The maximum absolute atomic E-state index is 10.5. The van der Waals surface area contributed by atoms with Gasteiger partial charge < -0.3 is 9.67 Å². The number of allylic oxidation sites excluding steroid dienone is 1. The van der Waals surface area contributed by atoms with Crippen LogP contribution >= 0.6 is 0 Å². The molecular weight excluding hydrogens is 170 g/mol. The molecular formula is C9H9NO3. The maximum atomic E-state index is 10.5. The summed E-state index contributed by atoms with van der Waals surface area (Å²) in [6.07, 6.45) is 5.28. The Morgan fingerprint density at radius 2 is 2.31 bits per heavy atom. The molecule has 0 saturated heterocycles. The lowest BCUT2D eigenvalue weighted by atomic mass is 10.3. The summed E-state index contributed by atoms with van der Waals surface area (Å²) in [5.41, 5.74) is 0.738. The highest BCUT2D eigenvalue weighted by Gasteiger charge is 2.02. The van der Waals surface area contributed by atoms with Gasteiger partial charge in [-0.25, -0.2) is 4.79 Å². The molecule has 0 aliphatic rings. The summed E-state index contributed by atoms with van der Waals surface area (Å²) < 4.78 is 1.53. The highest BCUT2D eigenvalue weighted by molar-refractivity contribution is 5.87. The molecule has 1 aromatic rings. The van der Waals surface area contributed by atoms with Crippen LogP contribution in [0.4, 0.5) is 0 Å².